The van der Waals surface area contributed by atoms with Gasteiger partial charge in [0, 0.05) is 36.2 Å². The lowest BCUT2D eigenvalue weighted by atomic mass is 10.2. The molecule has 1 N–H and O–H groups in total. The van der Waals surface area contributed by atoms with Crippen LogP contribution in [0.25, 0.3) is 11.3 Å². The molecule has 25 heavy (non-hydrogen) atoms. The van der Waals surface area contributed by atoms with Gasteiger partial charge in [0.15, 0.2) is 0 Å². The largest absolute Gasteiger partial charge is 0.275 e. The normalized spacial score (nSPS) is 11.6. The van der Waals surface area contributed by atoms with Gasteiger partial charge in [0.25, 0.3) is 0 Å². The minimum absolute atomic E-state index is 0.00630. The Morgan fingerprint density at radius 1 is 1.24 bits per heavy atom. The molecule has 0 aliphatic rings. The number of aryl methyl sites for hydroxylation is 1. The van der Waals surface area contributed by atoms with Crippen molar-refractivity contribution in [1.82, 2.24) is 24.5 Å². The van der Waals surface area contributed by atoms with E-state index in [1.165, 1.54) is 12.3 Å². The predicted molar refractivity (Wildman–Crippen MR) is 94.4 cm³/mol. The van der Waals surface area contributed by atoms with Crippen LogP contribution in [-0.2, 0) is 23.6 Å². The van der Waals surface area contributed by atoms with Gasteiger partial charge in [-0.3, -0.25) is 14.6 Å². The summed E-state index contributed by atoms with van der Waals surface area (Å²) < 4.78 is 29.4. The van der Waals surface area contributed by atoms with Crippen LogP contribution in [-0.4, -0.2) is 28.2 Å². The molecule has 7 nitrogen and oxygen atoms in total. The van der Waals surface area contributed by atoms with Crippen LogP contribution in [0.2, 0.25) is 5.02 Å². The fourth-order valence-corrected chi connectivity index (χ4v) is 3.88. The molecule has 2 aromatic heterocycles. The Labute approximate surface area is 150 Å². The summed E-state index contributed by atoms with van der Waals surface area (Å²) in [6, 6.07) is 4.77. The van der Waals surface area contributed by atoms with Crippen molar-refractivity contribution < 1.29 is 8.42 Å². The van der Waals surface area contributed by atoms with Crippen LogP contribution in [0.1, 0.15) is 11.3 Å². The fraction of sp³-hybridized carbons (Fsp3) is 0.188. The Bertz CT molecular complexity index is 1020. The maximum atomic E-state index is 12.6. The Balaban J connectivity index is 1.88. The zero-order chi connectivity index (χ0) is 18.0. The van der Waals surface area contributed by atoms with Gasteiger partial charge in [0.05, 0.1) is 29.0 Å². The molecule has 0 spiro atoms. The van der Waals surface area contributed by atoms with Crippen molar-refractivity contribution >= 4 is 21.6 Å². The van der Waals surface area contributed by atoms with Gasteiger partial charge in [-0.15, -0.1) is 0 Å². The molecule has 1 aromatic carbocycles. The van der Waals surface area contributed by atoms with Crippen molar-refractivity contribution in [1.29, 1.82) is 0 Å². The summed E-state index contributed by atoms with van der Waals surface area (Å²) in [4.78, 5) is 8.69. The molecule has 2 heterocycles. The standard InChI is InChI=1S/C16H16ClN5O2S/c1-11-13(17)4-3-5-15(11)25(23,24)21-9-14-16(19-7-6-18-14)12-8-20-22(2)10-12/h3-8,10,21H,9H2,1-2H3. The summed E-state index contributed by atoms with van der Waals surface area (Å²) in [5.41, 5.74) is 2.37. The van der Waals surface area contributed by atoms with Crippen LogP contribution in [0, 0.1) is 6.92 Å². The van der Waals surface area contributed by atoms with E-state index in [4.69, 9.17) is 11.6 Å². The first-order valence-corrected chi connectivity index (χ1v) is 9.28. The lowest BCUT2D eigenvalue weighted by Crippen LogP contribution is -2.25. The average molecular weight is 378 g/mol. The number of aromatic nitrogens is 4. The molecule has 0 saturated carbocycles. The third kappa shape index (κ3) is 3.71. The third-order valence-corrected chi connectivity index (χ3v) is 5.64. The molecule has 0 aliphatic carbocycles. The summed E-state index contributed by atoms with van der Waals surface area (Å²) in [6.07, 6.45) is 6.53. The summed E-state index contributed by atoms with van der Waals surface area (Å²) in [5, 5.41) is 4.51. The van der Waals surface area contributed by atoms with Crippen molar-refractivity contribution in [3.8, 4) is 11.3 Å². The van der Waals surface area contributed by atoms with Gasteiger partial charge in [0.1, 0.15) is 0 Å². The zero-order valence-electron chi connectivity index (χ0n) is 13.6. The molecule has 0 unspecified atom stereocenters. The van der Waals surface area contributed by atoms with Crippen LogP contribution in [0.15, 0.2) is 47.9 Å². The quantitative estimate of drug-likeness (QED) is 0.736. The van der Waals surface area contributed by atoms with Crippen LogP contribution < -0.4 is 4.72 Å². The molecule has 0 aliphatic heterocycles. The number of sulfonamides is 1. The molecule has 0 bridgehead atoms. The maximum absolute atomic E-state index is 12.6. The molecule has 0 saturated heterocycles. The first-order chi connectivity index (χ1) is 11.9. The van der Waals surface area contributed by atoms with Crippen LogP contribution >= 0.6 is 11.6 Å². The van der Waals surface area contributed by atoms with E-state index in [2.05, 4.69) is 19.8 Å². The van der Waals surface area contributed by atoms with Crippen LogP contribution in [0.5, 0.6) is 0 Å². The summed E-state index contributed by atoms with van der Waals surface area (Å²) in [5.74, 6) is 0. The highest BCUT2D eigenvalue weighted by atomic mass is 35.5. The van der Waals surface area contributed by atoms with Gasteiger partial charge in [-0.2, -0.15) is 5.10 Å². The monoisotopic (exact) mass is 377 g/mol. The molecule has 130 valence electrons. The fourth-order valence-electron chi connectivity index (χ4n) is 2.40. The second-order valence-electron chi connectivity index (χ2n) is 5.44. The van der Waals surface area contributed by atoms with Crippen molar-refractivity contribution in [3.05, 3.63) is 59.3 Å². The number of nitrogens with one attached hydrogen (secondary N) is 1. The van der Waals surface area contributed by atoms with Crippen molar-refractivity contribution in [3.63, 3.8) is 0 Å². The number of nitrogens with zero attached hydrogens (tertiary/aromatic N) is 4. The molecular formula is C16H16ClN5O2S. The van der Waals surface area contributed by atoms with E-state index >= 15 is 0 Å². The lowest BCUT2D eigenvalue weighted by molar-refractivity contribution is 0.580. The van der Waals surface area contributed by atoms with E-state index in [-0.39, 0.29) is 11.4 Å². The van der Waals surface area contributed by atoms with Crippen LogP contribution in [0.3, 0.4) is 0 Å². The SMILES string of the molecule is Cc1c(Cl)cccc1S(=O)(=O)NCc1nccnc1-c1cnn(C)c1. The maximum Gasteiger partial charge on any atom is 0.241 e. The van der Waals surface area contributed by atoms with Crippen LogP contribution in [0.4, 0.5) is 0 Å². The van der Waals surface area contributed by atoms with Gasteiger partial charge in [-0.25, -0.2) is 13.1 Å². The first-order valence-electron chi connectivity index (χ1n) is 7.42. The van der Waals surface area contributed by atoms with E-state index in [1.54, 1.807) is 49.4 Å². The molecule has 0 atom stereocenters. The highest BCUT2D eigenvalue weighted by Gasteiger charge is 2.19. The molecule has 0 radical (unpaired) electrons. The number of benzene rings is 1. The van der Waals surface area contributed by atoms with E-state index in [9.17, 15) is 8.42 Å². The Morgan fingerprint density at radius 3 is 2.72 bits per heavy atom. The summed E-state index contributed by atoms with van der Waals surface area (Å²) in [6.45, 7) is 1.67. The zero-order valence-corrected chi connectivity index (χ0v) is 15.2. The average Bonchev–Trinajstić information content (AvgIpc) is 3.02. The van der Waals surface area contributed by atoms with E-state index in [1.807, 2.05) is 0 Å². The summed E-state index contributed by atoms with van der Waals surface area (Å²) in [7, 11) is -1.93. The highest BCUT2D eigenvalue weighted by Crippen LogP contribution is 2.23. The molecule has 0 amide bonds. The molecule has 0 fully saturated rings. The molecule has 3 rings (SSSR count). The first kappa shape index (κ1) is 17.5. The van der Waals surface area contributed by atoms with Gasteiger partial charge < -0.3 is 0 Å². The Kier molecular flexibility index (Phi) is 4.85. The number of hydrogen-bond acceptors (Lipinski definition) is 5. The smallest absolute Gasteiger partial charge is 0.241 e. The van der Waals surface area contributed by atoms with Gasteiger partial charge >= 0.3 is 0 Å². The second kappa shape index (κ2) is 6.91. The molecule has 3 aromatic rings. The topological polar surface area (TPSA) is 89.8 Å². The number of rotatable bonds is 5. The second-order valence-corrected chi connectivity index (χ2v) is 7.58. The van der Waals surface area contributed by atoms with Gasteiger partial charge in [0.2, 0.25) is 10.0 Å². The van der Waals surface area contributed by atoms with E-state index in [0.29, 0.717) is 22.0 Å². The third-order valence-electron chi connectivity index (χ3n) is 3.69. The van der Waals surface area contributed by atoms with Crippen molar-refractivity contribution in [2.75, 3.05) is 0 Å². The van der Waals surface area contributed by atoms with Gasteiger partial charge in [-0.1, -0.05) is 17.7 Å². The minimum atomic E-state index is -3.73. The predicted octanol–water partition coefficient (Wildman–Crippen LogP) is 2.32. The van der Waals surface area contributed by atoms with E-state index in [0.717, 1.165) is 5.56 Å². The Morgan fingerprint density at radius 2 is 2.00 bits per heavy atom. The van der Waals surface area contributed by atoms with Crippen molar-refractivity contribution in [2.45, 2.75) is 18.4 Å². The van der Waals surface area contributed by atoms with E-state index < -0.39 is 10.0 Å². The lowest BCUT2D eigenvalue weighted by Gasteiger charge is -2.11. The molecular weight excluding hydrogens is 362 g/mol. The Hall–Kier alpha value is -2.29. The van der Waals surface area contributed by atoms with Crippen molar-refractivity contribution in [2.24, 2.45) is 7.05 Å². The summed E-state index contributed by atoms with van der Waals surface area (Å²) >= 11 is 6.02. The van der Waals surface area contributed by atoms with Gasteiger partial charge in [-0.05, 0) is 24.6 Å². The number of halogens is 1. The molecule has 9 heteroatoms. The number of hydrogen-bond donors (Lipinski definition) is 1. The minimum Gasteiger partial charge on any atom is -0.275 e. The highest BCUT2D eigenvalue weighted by molar-refractivity contribution is 7.89.